The lowest BCUT2D eigenvalue weighted by molar-refractivity contribution is -0.116. The molecule has 0 spiro atoms. The Labute approximate surface area is 185 Å². The number of nitrogens with zero attached hydrogens (tertiary/aromatic N) is 3. The SMILES string of the molecule is CCc1ccccc1NC(=O)Cn1ccn2nc(-c3ccc(OC)c(OC)c3)cc2c1=O. The van der Waals surface area contributed by atoms with Crippen molar-refractivity contribution in [3.8, 4) is 22.8 Å². The van der Waals surface area contributed by atoms with Crippen molar-refractivity contribution in [2.75, 3.05) is 19.5 Å². The van der Waals surface area contributed by atoms with Gasteiger partial charge in [0.05, 0.1) is 19.9 Å². The number of anilines is 1. The number of fused-ring (bicyclic) bond motifs is 1. The fraction of sp³-hybridized carbons (Fsp3) is 0.208. The van der Waals surface area contributed by atoms with Crippen LogP contribution in [0.15, 0.2) is 65.7 Å². The van der Waals surface area contributed by atoms with E-state index in [0.717, 1.165) is 23.2 Å². The van der Waals surface area contributed by atoms with E-state index in [2.05, 4.69) is 10.4 Å². The molecule has 2 heterocycles. The van der Waals surface area contributed by atoms with E-state index in [4.69, 9.17) is 9.47 Å². The Kier molecular flexibility index (Phi) is 5.93. The summed E-state index contributed by atoms with van der Waals surface area (Å²) >= 11 is 0. The first kappa shape index (κ1) is 21.2. The fourth-order valence-electron chi connectivity index (χ4n) is 3.58. The molecule has 32 heavy (non-hydrogen) atoms. The van der Waals surface area contributed by atoms with Crippen molar-refractivity contribution in [2.24, 2.45) is 0 Å². The topological polar surface area (TPSA) is 86.9 Å². The predicted octanol–water partition coefficient (Wildman–Crippen LogP) is 3.38. The highest BCUT2D eigenvalue weighted by Crippen LogP contribution is 2.31. The Morgan fingerprint density at radius 2 is 1.81 bits per heavy atom. The Morgan fingerprint density at radius 1 is 1.03 bits per heavy atom. The maximum Gasteiger partial charge on any atom is 0.277 e. The third-order valence-corrected chi connectivity index (χ3v) is 5.27. The molecule has 0 aliphatic heterocycles. The molecule has 2 aromatic carbocycles. The number of carbonyl (C=O) groups is 1. The van der Waals surface area contributed by atoms with Crippen LogP contribution >= 0.6 is 0 Å². The molecule has 0 bridgehead atoms. The highest BCUT2D eigenvalue weighted by atomic mass is 16.5. The molecule has 0 atom stereocenters. The van der Waals surface area contributed by atoms with Crippen LogP contribution in [0, 0.1) is 0 Å². The van der Waals surface area contributed by atoms with Gasteiger partial charge in [0.1, 0.15) is 12.1 Å². The quantitative estimate of drug-likeness (QED) is 0.484. The normalized spacial score (nSPS) is 10.8. The van der Waals surface area contributed by atoms with Gasteiger partial charge in [-0.05, 0) is 42.3 Å². The summed E-state index contributed by atoms with van der Waals surface area (Å²) in [6.07, 6.45) is 4.03. The number of hydrogen-bond acceptors (Lipinski definition) is 5. The second kappa shape index (κ2) is 8.97. The van der Waals surface area contributed by atoms with Crippen molar-refractivity contribution in [1.29, 1.82) is 0 Å². The molecule has 4 aromatic rings. The minimum absolute atomic E-state index is 0.0930. The van der Waals surface area contributed by atoms with Gasteiger partial charge in [0.2, 0.25) is 5.91 Å². The predicted molar refractivity (Wildman–Crippen MR) is 122 cm³/mol. The smallest absolute Gasteiger partial charge is 0.277 e. The van der Waals surface area contributed by atoms with Crippen LogP contribution in [-0.2, 0) is 17.8 Å². The van der Waals surface area contributed by atoms with Gasteiger partial charge in [0.25, 0.3) is 5.56 Å². The first-order valence-corrected chi connectivity index (χ1v) is 10.2. The maximum atomic E-state index is 13.0. The lowest BCUT2D eigenvalue weighted by Gasteiger charge is -2.10. The van der Waals surface area contributed by atoms with Gasteiger partial charge in [-0.1, -0.05) is 25.1 Å². The zero-order valence-corrected chi connectivity index (χ0v) is 18.2. The fourth-order valence-corrected chi connectivity index (χ4v) is 3.58. The summed E-state index contributed by atoms with van der Waals surface area (Å²) in [5.74, 6) is 0.915. The van der Waals surface area contributed by atoms with Crippen LogP contribution < -0.4 is 20.3 Å². The molecule has 0 unspecified atom stereocenters. The molecule has 0 fully saturated rings. The van der Waals surface area contributed by atoms with Crippen LogP contribution in [0.3, 0.4) is 0 Å². The molecule has 1 N–H and O–H groups in total. The number of methoxy groups -OCH3 is 2. The number of amides is 1. The zero-order valence-electron chi connectivity index (χ0n) is 18.2. The Hall–Kier alpha value is -4.07. The van der Waals surface area contributed by atoms with E-state index in [1.807, 2.05) is 37.3 Å². The van der Waals surface area contributed by atoms with Crippen LogP contribution in [0.4, 0.5) is 5.69 Å². The van der Waals surface area contributed by atoms with Gasteiger partial charge in [-0.15, -0.1) is 0 Å². The minimum atomic E-state index is -0.300. The summed E-state index contributed by atoms with van der Waals surface area (Å²) < 4.78 is 13.5. The van der Waals surface area contributed by atoms with E-state index in [1.165, 1.54) is 9.08 Å². The molecule has 4 rings (SSSR count). The van der Waals surface area contributed by atoms with E-state index >= 15 is 0 Å². The molecule has 0 aliphatic carbocycles. The van der Waals surface area contributed by atoms with Gasteiger partial charge in [-0.25, -0.2) is 4.52 Å². The summed E-state index contributed by atoms with van der Waals surface area (Å²) in [6, 6.07) is 14.8. The average Bonchev–Trinajstić information content (AvgIpc) is 3.26. The number of ether oxygens (including phenoxy) is 2. The largest absolute Gasteiger partial charge is 0.493 e. The molecular formula is C24H24N4O4. The molecule has 0 aliphatic rings. The molecule has 0 saturated carbocycles. The Bertz CT molecular complexity index is 1340. The molecule has 2 aromatic heterocycles. The van der Waals surface area contributed by atoms with Crippen molar-refractivity contribution in [3.05, 3.63) is 76.8 Å². The Morgan fingerprint density at radius 3 is 2.56 bits per heavy atom. The number of aromatic nitrogens is 3. The van der Waals surface area contributed by atoms with Crippen LogP contribution in [0.25, 0.3) is 16.8 Å². The standard InChI is InChI=1S/C24H24N4O4/c1-4-16-7-5-6-8-18(16)25-23(29)15-27-11-12-28-20(24(27)30)14-19(26-28)17-9-10-21(31-2)22(13-17)32-3/h5-14H,4,15H2,1-3H3,(H,25,29). The minimum Gasteiger partial charge on any atom is -0.493 e. The van der Waals surface area contributed by atoms with Crippen LogP contribution in [0.1, 0.15) is 12.5 Å². The van der Waals surface area contributed by atoms with Crippen LogP contribution in [0.2, 0.25) is 0 Å². The van der Waals surface area contributed by atoms with E-state index in [9.17, 15) is 9.59 Å². The number of nitrogens with one attached hydrogen (secondary N) is 1. The highest BCUT2D eigenvalue weighted by Gasteiger charge is 2.14. The first-order chi connectivity index (χ1) is 15.5. The summed E-state index contributed by atoms with van der Waals surface area (Å²) in [5, 5.41) is 7.38. The van der Waals surface area contributed by atoms with E-state index < -0.39 is 0 Å². The van der Waals surface area contributed by atoms with Gasteiger partial charge >= 0.3 is 0 Å². The lowest BCUT2D eigenvalue weighted by atomic mass is 10.1. The summed E-state index contributed by atoms with van der Waals surface area (Å²) in [4.78, 5) is 25.6. The van der Waals surface area contributed by atoms with Crippen LogP contribution in [0.5, 0.6) is 11.5 Å². The van der Waals surface area contributed by atoms with Crippen molar-refractivity contribution in [2.45, 2.75) is 19.9 Å². The number of para-hydroxylation sites is 1. The third kappa shape index (κ3) is 4.07. The van der Waals surface area contributed by atoms with E-state index in [-0.39, 0.29) is 18.0 Å². The van der Waals surface area contributed by atoms with E-state index in [0.29, 0.717) is 22.7 Å². The zero-order chi connectivity index (χ0) is 22.7. The summed E-state index contributed by atoms with van der Waals surface area (Å²) in [5.41, 5.74) is 3.27. The van der Waals surface area contributed by atoms with Gasteiger partial charge in [0.15, 0.2) is 11.5 Å². The summed E-state index contributed by atoms with van der Waals surface area (Å²) in [7, 11) is 3.13. The monoisotopic (exact) mass is 432 g/mol. The molecular weight excluding hydrogens is 408 g/mol. The second-order valence-electron chi connectivity index (χ2n) is 7.22. The highest BCUT2D eigenvalue weighted by molar-refractivity contribution is 5.91. The third-order valence-electron chi connectivity index (χ3n) is 5.27. The van der Waals surface area contributed by atoms with E-state index in [1.54, 1.807) is 44.8 Å². The lowest BCUT2D eigenvalue weighted by Crippen LogP contribution is -2.28. The number of benzene rings is 2. The van der Waals surface area contributed by atoms with Crippen molar-refractivity contribution >= 4 is 17.1 Å². The maximum absolute atomic E-state index is 13.0. The summed E-state index contributed by atoms with van der Waals surface area (Å²) in [6.45, 7) is 1.93. The number of hydrogen-bond donors (Lipinski definition) is 1. The number of carbonyl (C=O) groups excluding carboxylic acids is 1. The second-order valence-corrected chi connectivity index (χ2v) is 7.22. The van der Waals surface area contributed by atoms with Gasteiger partial charge in [-0.3, -0.25) is 9.59 Å². The van der Waals surface area contributed by atoms with Gasteiger partial charge in [-0.2, -0.15) is 5.10 Å². The molecule has 0 radical (unpaired) electrons. The van der Waals surface area contributed by atoms with Crippen LogP contribution in [-0.4, -0.2) is 34.3 Å². The number of aryl methyl sites for hydroxylation is 1. The van der Waals surface area contributed by atoms with Crippen molar-refractivity contribution in [1.82, 2.24) is 14.2 Å². The number of rotatable bonds is 7. The van der Waals surface area contributed by atoms with Crippen molar-refractivity contribution in [3.63, 3.8) is 0 Å². The molecule has 8 nitrogen and oxygen atoms in total. The van der Waals surface area contributed by atoms with Crippen molar-refractivity contribution < 1.29 is 14.3 Å². The molecule has 1 amide bonds. The molecule has 164 valence electrons. The average molecular weight is 432 g/mol. The van der Waals surface area contributed by atoms with Gasteiger partial charge in [0, 0.05) is 23.6 Å². The Balaban J connectivity index is 1.61. The molecule has 0 saturated heterocycles. The van der Waals surface area contributed by atoms with Gasteiger partial charge < -0.3 is 19.4 Å². The molecule has 8 heteroatoms. The first-order valence-electron chi connectivity index (χ1n) is 10.2.